The summed E-state index contributed by atoms with van der Waals surface area (Å²) in [6.07, 6.45) is 0. The second-order valence-electron chi connectivity index (χ2n) is 2.54. The van der Waals surface area contributed by atoms with Crippen LogP contribution in [0.5, 0.6) is 0 Å². The molecule has 0 aliphatic carbocycles. The van der Waals surface area contributed by atoms with Crippen molar-refractivity contribution in [2.45, 2.75) is 0 Å². The molecule has 0 saturated heterocycles. The first kappa shape index (κ1) is 12.2. The fourth-order valence-corrected chi connectivity index (χ4v) is 1.25. The molecule has 0 amide bonds. The molecule has 0 fully saturated rings. The van der Waals surface area contributed by atoms with Crippen LogP contribution in [0.2, 0.25) is 10.0 Å². The van der Waals surface area contributed by atoms with Crippen molar-refractivity contribution in [3.63, 3.8) is 0 Å². The number of hydrazone groups is 1. The highest BCUT2D eigenvalue weighted by molar-refractivity contribution is 6.42. The number of nitrogens with zero attached hydrogens (tertiary/aromatic N) is 2. The number of anilines is 1. The summed E-state index contributed by atoms with van der Waals surface area (Å²) in [7, 11) is 0. The van der Waals surface area contributed by atoms with Crippen LogP contribution in [-0.2, 0) is 4.84 Å². The van der Waals surface area contributed by atoms with Gasteiger partial charge in [0.25, 0.3) is 0 Å². The molecule has 0 bridgehead atoms. The summed E-state index contributed by atoms with van der Waals surface area (Å²) in [6, 6.07) is 5.07. The molecule has 0 unspecified atom stereocenters. The Hall–Kier alpha value is -0.880. The number of amidine groups is 1. The van der Waals surface area contributed by atoms with Crippen LogP contribution in [0, 0.1) is 0 Å². The molecule has 0 spiro atoms. The fourth-order valence-electron chi connectivity index (χ4n) is 0.957. The van der Waals surface area contributed by atoms with Crippen LogP contribution in [0.4, 0.5) is 5.69 Å². The summed E-state index contributed by atoms with van der Waals surface area (Å²) < 4.78 is 0. The Kier molecular flexibility index (Phi) is 3.87. The van der Waals surface area contributed by atoms with Crippen LogP contribution in [0.15, 0.2) is 23.3 Å². The Morgan fingerprint density at radius 2 is 2.07 bits per heavy atom. The lowest BCUT2D eigenvalue weighted by Gasteiger charge is -2.11. The van der Waals surface area contributed by atoms with E-state index in [0.29, 0.717) is 15.7 Å². The second-order valence-corrected chi connectivity index (χ2v) is 3.36. The van der Waals surface area contributed by atoms with E-state index in [4.69, 9.17) is 33.8 Å². The molecule has 3 N–H and O–H groups in total. The number of nitrogens with two attached hydrogens (primary N) is 1. The quantitative estimate of drug-likeness (QED) is 0.817. The van der Waals surface area contributed by atoms with Gasteiger partial charge in [-0.05, 0) is 23.8 Å². The molecule has 1 aliphatic heterocycles. The predicted octanol–water partition coefficient (Wildman–Crippen LogP) is 1.90. The van der Waals surface area contributed by atoms with E-state index in [1.54, 1.807) is 18.2 Å². The molecule has 82 valence electrons. The largest absolute Gasteiger partial charge is 0.351 e. The molecular formula is C7H7Cl3N4O. The van der Waals surface area contributed by atoms with Crippen LogP contribution < -0.4 is 16.4 Å². The van der Waals surface area contributed by atoms with E-state index in [2.05, 4.69) is 10.7 Å². The maximum absolute atomic E-state index is 5.82. The summed E-state index contributed by atoms with van der Waals surface area (Å²) in [4.78, 5) is 4.72. The Bertz CT molecular complexity index is 398. The van der Waals surface area contributed by atoms with Gasteiger partial charge in [0.05, 0.1) is 15.7 Å². The number of hydrogen-bond acceptors (Lipinski definition) is 5. The maximum Gasteiger partial charge on any atom is 0.327 e. The average Bonchev–Trinajstić information content (AvgIpc) is 2.57. The summed E-state index contributed by atoms with van der Waals surface area (Å²) in [6.45, 7) is 0. The molecule has 0 atom stereocenters. The summed E-state index contributed by atoms with van der Waals surface area (Å²) in [5, 5.41) is 6.08. The Labute approximate surface area is 102 Å². The molecule has 1 aromatic carbocycles. The average molecular weight is 270 g/mol. The van der Waals surface area contributed by atoms with Crippen LogP contribution in [0.1, 0.15) is 0 Å². The molecule has 0 saturated carbocycles. The van der Waals surface area contributed by atoms with Crippen molar-refractivity contribution in [3.05, 3.63) is 28.2 Å². The Morgan fingerprint density at radius 1 is 1.33 bits per heavy atom. The first-order valence-electron chi connectivity index (χ1n) is 3.68. The van der Waals surface area contributed by atoms with Gasteiger partial charge in [0.1, 0.15) is 0 Å². The zero-order chi connectivity index (χ0) is 10.1. The molecule has 1 heterocycles. The molecule has 8 heteroatoms. The third-order valence-corrected chi connectivity index (χ3v) is 2.32. The van der Waals surface area contributed by atoms with Crippen molar-refractivity contribution >= 4 is 47.3 Å². The molecule has 1 aliphatic rings. The van der Waals surface area contributed by atoms with E-state index in [-0.39, 0.29) is 18.4 Å². The van der Waals surface area contributed by atoms with Crippen LogP contribution >= 0.6 is 35.6 Å². The summed E-state index contributed by atoms with van der Waals surface area (Å²) >= 11 is 11.6. The lowest BCUT2D eigenvalue weighted by atomic mass is 10.3. The third kappa shape index (κ3) is 2.57. The van der Waals surface area contributed by atoms with E-state index in [0.717, 1.165) is 0 Å². The molecular weight excluding hydrogens is 262 g/mol. The first-order chi connectivity index (χ1) is 6.66. The van der Waals surface area contributed by atoms with Gasteiger partial charge >= 0.3 is 6.02 Å². The SMILES string of the molecule is Cl.NC1=NN(c2ccc(Cl)c(Cl)c2)NO1. The lowest BCUT2D eigenvalue weighted by Crippen LogP contribution is -2.27. The lowest BCUT2D eigenvalue weighted by molar-refractivity contribution is 0.199. The summed E-state index contributed by atoms with van der Waals surface area (Å²) in [5.74, 6) is 0. The Morgan fingerprint density at radius 3 is 2.60 bits per heavy atom. The number of rotatable bonds is 1. The zero-order valence-corrected chi connectivity index (χ0v) is 9.60. The van der Waals surface area contributed by atoms with Crippen LogP contribution in [0.3, 0.4) is 0 Å². The molecule has 2 rings (SSSR count). The molecule has 0 radical (unpaired) electrons. The van der Waals surface area contributed by atoms with E-state index >= 15 is 0 Å². The van der Waals surface area contributed by atoms with Gasteiger partial charge in [-0.3, -0.25) is 0 Å². The standard InChI is InChI=1S/C7H6Cl2N4O.ClH/c8-5-2-1-4(3-6(5)9)13-11-7(10)14-12-13;/h1-3,12H,(H2,10,11);1H. The minimum Gasteiger partial charge on any atom is -0.351 e. The van der Waals surface area contributed by atoms with Crippen LogP contribution in [-0.4, -0.2) is 6.02 Å². The van der Waals surface area contributed by atoms with Crippen LogP contribution in [0.25, 0.3) is 0 Å². The normalized spacial score (nSPS) is 14.3. The van der Waals surface area contributed by atoms with E-state index in [1.807, 2.05) is 0 Å². The van der Waals surface area contributed by atoms with Crippen molar-refractivity contribution in [2.24, 2.45) is 10.8 Å². The predicted molar refractivity (Wildman–Crippen MR) is 62.0 cm³/mol. The van der Waals surface area contributed by atoms with Gasteiger partial charge < -0.3 is 10.6 Å². The molecule has 15 heavy (non-hydrogen) atoms. The van der Waals surface area contributed by atoms with Gasteiger partial charge in [0, 0.05) is 0 Å². The maximum atomic E-state index is 5.82. The van der Waals surface area contributed by atoms with E-state index in [1.165, 1.54) is 5.12 Å². The fraction of sp³-hybridized carbons (Fsp3) is 0. The molecule has 5 nitrogen and oxygen atoms in total. The highest BCUT2D eigenvalue weighted by Gasteiger charge is 2.14. The van der Waals surface area contributed by atoms with Gasteiger partial charge in [-0.15, -0.1) is 12.4 Å². The van der Waals surface area contributed by atoms with Gasteiger partial charge in [0.15, 0.2) is 0 Å². The first-order valence-corrected chi connectivity index (χ1v) is 4.44. The second kappa shape index (κ2) is 4.76. The zero-order valence-electron chi connectivity index (χ0n) is 7.28. The topological polar surface area (TPSA) is 62.9 Å². The molecule has 0 aromatic heterocycles. The third-order valence-electron chi connectivity index (χ3n) is 1.58. The number of benzene rings is 1. The van der Waals surface area contributed by atoms with Crippen molar-refractivity contribution in [1.82, 2.24) is 5.59 Å². The van der Waals surface area contributed by atoms with Crippen molar-refractivity contribution in [1.29, 1.82) is 0 Å². The Balaban J connectivity index is 0.00000112. The minimum absolute atomic E-state index is 0. The van der Waals surface area contributed by atoms with Gasteiger partial charge in [-0.1, -0.05) is 28.3 Å². The molecule has 1 aromatic rings. The van der Waals surface area contributed by atoms with E-state index < -0.39 is 0 Å². The number of nitrogens with one attached hydrogen (secondary N) is 1. The van der Waals surface area contributed by atoms with Crippen molar-refractivity contribution < 1.29 is 4.84 Å². The highest BCUT2D eigenvalue weighted by atomic mass is 35.5. The van der Waals surface area contributed by atoms with Crippen molar-refractivity contribution in [3.8, 4) is 0 Å². The number of hydrogen-bond donors (Lipinski definition) is 2. The van der Waals surface area contributed by atoms with Gasteiger partial charge in [-0.2, -0.15) is 5.12 Å². The number of halogens is 3. The smallest absolute Gasteiger partial charge is 0.327 e. The van der Waals surface area contributed by atoms with Crippen molar-refractivity contribution in [2.75, 3.05) is 5.12 Å². The van der Waals surface area contributed by atoms with Gasteiger partial charge in [-0.25, -0.2) is 0 Å². The number of hydrazine groups is 1. The van der Waals surface area contributed by atoms with Gasteiger partial charge in [0.2, 0.25) is 0 Å². The summed E-state index contributed by atoms with van der Waals surface area (Å²) in [5.41, 5.74) is 8.45. The van der Waals surface area contributed by atoms with E-state index in [9.17, 15) is 0 Å². The monoisotopic (exact) mass is 268 g/mol. The highest BCUT2D eigenvalue weighted by Crippen LogP contribution is 2.27. The minimum atomic E-state index is 0.